The molecule has 5 heteroatoms. The van der Waals surface area contributed by atoms with E-state index in [9.17, 15) is 14.3 Å². The molecular weight excluding hydrogens is 273 g/mol. The van der Waals surface area contributed by atoms with E-state index >= 15 is 0 Å². The highest BCUT2D eigenvalue weighted by Gasteiger charge is 2.13. The van der Waals surface area contributed by atoms with Crippen LogP contribution in [0.1, 0.15) is 28.9 Å². The van der Waals surface area contributed by atoms with E-state index in [2.05, 4.69) is 5.32 Å². The van der Waals surface area contributed by atoms with Gasteiger partial charge in [-0.05, 0) is 36.8 Å². The van der Waals surface area contributed by atoms with Crippen LogP contribution in [0.15, 0.2) is 42.5 Å². The third kappa shape index (κ3) is 3.58. The van der Waals surface area contributed by atoms with Crippen molar-refractivity contribution in [2.24, 2.45) is 0 Å². The van der Waals surface area contributed by atoms with Gasteiger partial charge in [-0.2, -0.15) is 0 Å². The molecule has 0 bridgehead atoms. The second kappa shape index (κ2) is 6.37. The lowest BCUT2D eigenvalue weighted by atomic mass is 10.1. The maximum absolute atomic E-state index is 13.8. The molecular formula is C16H16FNO3. The first-order valence-corrected chi connectivity index (χ1v) is 6.44. The van der Waals surface area contributed by atoms with Gasteiger partial charge in [0.2, 0.25) is 0 Å². The zero-order chi connectivity index (χ0) is 15.4. The molecule has 0 aliphatic rings. The standard InChI is InChI=1S/C16H16FNO3/c1-10(19)11-3-5-12(6-4-11)18-16(20)14-8-7-13(21-2)9-15(14)17/h3-10,19H,1-2H3,(H,18,20). The second-order valence-electron chi connectivity index (χ2n) is 4.60. The summed E-state index contributed by atoms with van der Waals surface area (Å²) in [7, 11) is 1.43. The lowest BCUT2D eigenvalue weighted by Gasteiger charge is -2.09. The van der Waals surface area contributed by atoms with Crippen LogP contribution in [0.4, 0.5) is 10.1 Å². The molecule has 2 rings (SSSR count). The zero-order valence-electron chi connectivity index (χ0n) is 11.8. The molecule has 0 aliphatic carbocycles. The second-order valence-corrected chi connectivity index (χ2v) is 4.60. The highest BCUT2D eigenvalue weighted by Crippen LogP contribution is 2.19. The number of methoxy groups -OCH3 is 1. The van der Waals surface area contributed by atoms with E-state index in [4.69, 9.17) is 4.74 Å². The summed E-state index contributed by atoms with van der Waals surface area (Å²) in [5.74, 6) is -0.835. The van der Waals surface area contributed by atoms with Gasteiger partial charge in [-0.3, -0.25) is 4.79 Å². The van der Waals surface area contributed by atoms with Gasteiger partial charge in [0.15, 0.2) is 0 Å². The molecule has 1 unspecified atom stereocenters. The van der Waals surface area contributed by atoms with E-state index in [1.165, 1.54) is 19.2 Å². The van der Waals surface area contributed by atoms with Gasteiger partial charge in [0.05, 0.1) is 18.8 Å². The molecule has 0 saturated heterocycles. The number of aliphatic hydroxyl groups is 1. The van der Waals surface area contributed by atoms with Gasteiger partial charge in [-0.15, -0.1) is 0 Å². The van der Waals surface area contributed by atoms with Crippen molar-refractivity contribution in [2.75, 3.05) is 12.4 Å². The Kier molecular flexibility index (Phi) is 4.55. The lowest BCUT2D eigenvalue weighted by Crippen LogP contribution is -2.13. The van der Waals surface area contributed by atoms with Crippen LogP contribution in [-0.4, -0.2) is 18.1 Å². The molecule has 2 aromatic carbocycles. The van der Waals surface area contributed by atoms with Crippen molar-refractivity contribution in [3.63, 3.8) is 0 Å². The largest absolute Gasteiger partial charge is 0.497 e. The van der Waals surface area contributed by atoms with Crippen molar-refractivity contribution in [3.8, 4) is 5.75 Å². The molecule has 110 valence electrons. The number of hydrogen-bond acceptors (Lipinski definition) is 3. The molecule has 2 aromatic rings. The van der Waals surface area contributed by atoms with Crippen molar-refractivity contribution in [1.82, 2.24) is 0 Å². The van der Waals surface area contributed by atoms with Crippen molar-refractivity contribution in [1.29, 1.82) is 0 Å². The quantitative estimate of drug-likeness (QED) is 0.909. The van der Waals surface area contributed by atoms with E-state index < -0.39 is 17.8 Å². The Morgan fingerprint density at radius 3 is 2.43 bits per heavy atom. The smallest absolute Gasteiger partial charge is 0.258 e. The van der Waals surface area contributed by atoms with Crippen LogP contribution < -0.4 is 10.1 Å². The van der Waals surface area contributed by atoms with Crippen LogP contribution in [0.3, 0.4) is 0 Å². The SMILES string of the molecule is COc1ccc(C(=O)Nc2ccc(C(C)O)cc2)c(F)c1. The number of rotatable bonds is 4. The monoisotopic (exact) mass is 289 g/mol. The summed E-state index contributed by atoms with van der Waals surface area (Å²) in [6.07, 6.45) is -0.575. The number of anilines is 1. The fraction of sp³-hybridized carbons (Fsp3) is 0.188. The van der Waals surface area contributed by atoms with Gasteiger partial charge in [0, 0.05) is 11.8 Å². The average molecular weight is 289 g/mol. The minimum Gasteiger partial charge on any atom is -0.497 e. The highest BCUT2D eigenvalue weighted by atomic mass is 19.1. The predicted octanol–water partition coefficient (Wildman–Crippen LogP) is 3.14. The van der Waals surface area contributed by atoms with Crippen LogP contribution in [0.25, 0.3) is 0 Å². The molecule has 2 N–H and O–H groups in total. The first-order chi connectivity index (χ1) is 10.0. The summed E-state index contributed by atoms with van der Waals surface area (Å²) in [6.45, 7) is 1.65. The van der Waals surface area contributed by atoms with E-state index in [0.29, 0.717) is 11.4 Å². The number of amides is 1. The Bertz CT molecular complexity index is 638. The van der Waals surface area contributed by atoms with Gasteiger partial charge >= 0.3 is 0 Å². The molecule has 1 atom stereocenters. The molecule has 0 heterocycles. The van der Waals surface area contributed by atoms with Crippen LogP contribution >= 0.6 is 0 Å². The molecule has 0 fully saturated rings. The lowest BCUT2D eigenvalue weighted by molar-refractivity contribution is 0.102. The van der Waals surface area contributed by atoms with E-state index in [1.54, 1.807) is 31.2 Å². The molecule has 0 saturated carbocycles. The minimum atomic E-state index is -0.646. The fourth-order valence-corrected chi connectivity index (χ4v) is 1.85. The number of halogens is 1. The van der Waals surface area contributed by atoms with Crippen molar-refractivity contribution < 1.29 is 19.0 Å². The number of aliphatic hydroxyl groups excluding tert-OH is 1. The third-order valence-corrected chi connectivity index (χ3v) is 3.07. The first kappa shape index (κ1) is 15.0. The Balaban J connectivity index is 2.14. The van der Waals surface area contributed by atoms with Crippen LogP contribution in [0, 0.1) is 5.82 Å². The molecule has 0 radical (unpaired) electrons. The molecule has 0 aliphatic heterocycles. The number of ether oxygens (including phenoxy) is 1. The molecule has 0 spiro atoms. The van der Waals surface area contributed by atoms with Crippen LogP contribution in [0.5, 0.6) is 5.75 Å². The number of nitrogens with one attached hydrogen (secondary N) is 1. The van der Waals surface area contributed by atoms with Crippen LogP contribution in [-0.2, 0) is 0 Å². The molecule has 21 heavy (non-hydrogen) atoms. The Morgan fingerprint density at radius 2 is 1.90 bits per heavy atom. The Labute approximate surface area is 122 Å². The van der Waals surface area contributed by atoms with Gasteiger partial charge in [0.1, 0.15) is 11.6 Å². The molecule has 4 nitrogen and oxygen atoms in total. The van der Waals surface area contributed by atoms with Crippen molar-refractivity contribution >= 4 is 11.6 Å². The normalized spacial score (nSPS) is 11.8. The van der Waals surface area contributed by atoms with Crippen molar-refractivity contribution in [2.45, 2.75) is 13.0 Å². The zero-order valence-corrected chi connectivity index (χ0v) is 11.8. The summed E-state index contributed by atoms with van der Waals surface area (Å²) < 4.78 is 18.7. The summed E-state index contributed by atoms with van der Waals surface area (Å²) >= 11 is 0. The van der Waals surface area contributed by atoms with Gasteiger partial charge in [0.25, 0.3) is 5.91 Å². The van der Waals surface area contributed by atoms with Gasteiger partial charge < -0.3 is 15.2 Å². The van der Waals surface area contributed by atoms with E-state index in [1.807, 2.05) is 0 Å². The number of hydrogen-bond donors (Lipinski definition) is 2. The molecule has 1 amide bonds. The van der Waals surface area contributed by atoms with Gasteiger partial charge in [-0.25, -0.2) is 4.39 Å². The Morgan fingerprint density at radius 1 is 1.24 bits per heavy atom. The topological polar surface area (TPSA) is 58.6 Å². The molecule has 0 aromatic heterocycles. The maximum Gasteiger partial charge on any atom is 0.258 e. The predicted molar refractivity (Wildman–Crippen MR) is 78.0 cm³/mol. The summed E-state index contributed by atoms with van der Waals surface area (Å²) in [5.41, 5.74) is 1.21. The maximum atomic E-state index is 13.8. The van der Waals surface area contributed by atoms with Gasteiger partial charge in [-0.1, -0.05) is 12.1 Å². The summed E-state index contributed by atoms with van der Waals surface area (Å²) in [5, 5.41) is 12.0. The van der Waals surface area contributed by atoms with E-state index in [0.717, 1.165) is 11.6 Å². The Hall–Kier alpha value is -2.40. The number of carbonyl (C=O) groups is 1. The van der Waals surface area contributed by atoms with E-state index in [-0.39, 0.29) is 5.56 Å². The summed E-state index contributed by atoms with van der Waals surface area (Å²) in [6, 6.07) is 10.8. The number of carbonyl (C=O) groups excluding carboxylic acids is 1. The van der Waals surface area contributed by atoms with Crippen LogP contribution in [0.2, 0.25) is 0 Å². The number of benzene rings is 2. The minimum absolute atomic E-state index is 0.0598. The highest BCUT2D eigenvalue weighted by molar-refractivity contribution is 6.04. The average Bonchev–Trinajstić information content (AvgIpc) is 2.47. The third-order valence-electron chi connectivity index (χ3n) is 3.07. The first-order valence-electron chi connectivity index (χ1n) is 6.44. The fourth-order valence-electron chi connectivity index (χ4n) is 1.85. The van der Waals surface area contributed by atoms with Crippen molar-refractivity contribution in [3.05, 3.63) is 59.4 Å². The summed E-state index contributed by atoms with van der Waals surface area (Å²) in [4.78, 5) is 12.0.